The highest BCUT2D eigenvalue weighted by molar-refractivity contribution is 5.95. The van der Waals surface area contributed by atoms with Crippen molar-refractivity contribution in [1.82, 2.24) is 10.2 Å². The smallest absolute Gasteiger partial charge is 0.251 e. The highest BCUT2D eigenvalue weighted by atomic mass is 16.3. The van der Waals surface area contributed by atoms with Crippen LogP contribution in [0.4, 0.5) is 0 Å². The van der Waals surface area contributed by atoms with Crippen LogP contribution in [0.2, 0.25) is 0 Å². The van der Waals surface area contributed by atoms with Gasteiger partial charge >= 0.3 is 0 Å². The number of rotatable bonds is 6. The predicted molar refractivity (Wildman–Crippen MR) is 95.9 cm³/mol. The molecule has 1 saturated carbocycles. The van der Waals surface area contributed by atoms with E-state index in [0.29, 0.717) is 5.56 Å². The second-order valence-corrected chi connectivity index (χ2v) is 6.20. The Morgan fingerprint density at radius 1 is 1.24 bits per heavy atom. The topological polar surface area (TPSA) is 62.6 Å². The van der Waals surface area contributed by atoms with E-state index in [0.717, 1.165) is 24.2 Å². The maximum Gasteiger partial charge on any atom is 0.251 e. The van der Waals surface area contributed by atoms with Crippen LogP contribution in [-0.2, 0) is 4.79 Å². The number of amides is 2. The fourth-order valence-corrected chi connectivity index (χ4v) is 2.85. The van der Waals surface area contributed by atoms with Gasteiger partial charge in [-0.2, -0.15) is 0 Å². The van der Waals surface area contributed by atoms with Gasteiger partial charge in [0.15, 0.2) is 0 Å². The molecule has 130 valence electrons. The lowest BCUT2D eigenvalue weighted by Crippen LogP contribution is -2.34. The van der Waals surface area contributed by atoms with E-state index in [9.17, 15) is 9.59 Å². The maximum absolute atomic E-state index is 12.7. The molecule has 1 fully saturated rings. The van der Waals surface area contributed by atoms with Crippen LogP contribution >= 0.6 is 0 Å². The molecule has 0 spiro atoms. The molecule has 2 aromatic rings. The van der Waals surface area contributed by atoms with Crippen LogP contribution in [0, 0.1) is 0 Å². The lowest BCUT2D eigenvalue weighted by molar-refractivity contribution is -0.129. The lowest BCUT2D eigenvalue weighted by Gasteiger charge is -2.26. The second-order valence-electron chi connectivity index (χ2n) is 6.20. The normalized spacial score (nSPS) is 15.1. The third-order valence-electron chi connectivity index (χ3n) is 4.39. The Hall–Kier alpha value is -2.82. The Morgan fingerprint density at radius 2 is 1.96 bits per heavy atom. The van der Waals surface area contributed by atoms with Crippen molar-refractivity contribution in [2.24, 2.45) is 0 Å². The molecule has 0 radical (unpaired) electrons. The first kappa shape index (κ1) is 17.0. The summed E-state index contributed by atoms with van der Waals surface area (Å²) in [5.41, 5.74) is 1.47. The first-order valence-electron chi connectivity index (χ1n) is 8.46. The highest BCUT2D eigenvalue weighted by Crippen LogP contribution is 2.34. The van der Waals surface area contributed by atoms with Gasteiger partial charge < -0.3 is 14.6 Å². The Kier molecular flexibility index (Phi) is 5.03. The summed E-state index contributed by atoms with van der Waals surface area (Å²) in [7, 11) is 1.60. The van der Waals surface area contributed by atoms with E-state index >= 15 is 0 Å². The first-order chi connectivity index (χ1) is 12.1. The van der Waals surface area contributed by atoms with E-state index in [1.165, 1.54) is 0 Å². The van der Waals surface area contributed by atoms with E-state index in [-0.39, 0.29) is 23.9 Å². The summed E-state index contributed by atoms with van der Waals surface area (Å²) in [6.07, 6.45) is 7.06. The van der Waals surface area contributed by atoms with Crippen molar-refractivity contribution < 1.29 is 14.0 Å². The molecule has 1 heterocycles. The quantitative estimate of drug-likeness (QED) is 0.821. The minimum atomic E-state index is -0.126. The van der Waals surface area contributed by atoms with Gasteiger partial charge in [-0.15, -0.1) is 0 Å². The number of nitrogens with zero attached hydrogens (tertiary/aromatic N) is 1. The highest BCUT2D eigenvalue weighted by Gasteiger charge is 2.36. The van der Waals surface area contributed by atoms with E-state index in [1.807, 2.05) is 36.1 Å². The van der Waals surface area contributed by atoms with Crippen molar-refractivity contribution in [3.05, 3.63) is 65.6 Å². The Morgan fingerprint density at radius 3 is 2.52 bits per heavy atom. The number of furan rings is 1. The monoisotopic (exact) mass is 338 g/mol. The maximum atomic E-state index is 12.7. The van der Waals surface area contributed by atoms with Crippen LogP contribution in [0.25, 0.3) is 6.08 Å². The fourth-order valence-electron chi connectivity index (χ4n) is 2.85. The van der Waals surface area contributed by atoms with Gasteiger partial charge in [-0.05, 0) is 55.7 Å². The minimum absolute atomic E-state index is 0.0261. The van der Waals surface area contributed by atoms with Crippen LogP contribution in [0.3, 0.4) is 0 Å². The van der Waals surface area contributed by atoms with Crippen LogP contribution in [0.5, 0.6) is 0 Å². The molecule has 1 aliphatic carbocycles. The van der Waals surface area contributed by atoms with Gasteiger partial charge in [-0.25, -0.2) is 0 Å². The fraction of sp³-hybridized carbons (Fsp3) is 0.300. The molecule has 1 N–H and O–H groups in total. The predicted octanol–water partition coefficient (Wildman–Crippen LogP) is 3.40. The van der Waals surface area contributed by atoms with Crippen molar-refractivity contribution in [1.29, 1.82) is 0 Å². The van der Waals surface area contributed by atoms with Gasteiger partial charge in [-0.1, -0.05) is 12.1 Å². The molecule has 2 amide bonds. The SMILES string of the molecule is CNC(=O)c1ccc(/C=C/C(=O)N(C2CC2)[C@@H](C)c2ccco2)cc1. The van der Waals surface area contributed by atoms with Crippen LogP contribution in [0.15, 0.2) is 53.2 Å². The Labute approximate surface area is 147 Å². The molecule has 1 atom stereocenters. The van der Waals surface area contributed by atoms with Crippen molar-refractivity contribution in [2.75, 3.05) is 7.05 Å². The minimum Gasteiger partial charge on any atom is -0.467 e. The molecule has 3 rings (SSSR count). The third-order valence-corrected chi connectivity index (χ3v) is 4.39. The number of benzene rings is 1. The molecule has 1 aromatic heterocycles. The summed E-state index contributed by atoms with van der Waals surface area (Å²) in [6.45, 7) is 1.99. The molecule has 0 aliphatic heterocycles. The number of hydrogen-bond donors (Lipinski definition) is 1. The number of nitrogens with one attached hydrogen (secondary N) is 1. The van der Waals surface area contributed by atoms with Gasteiger partial charge in [0.05, 0.1) is 12.3 Å². The van der Waals surface area contributed by atoms with Crippen molar-refractivity contribution in [3.63, 3.8) is 0 Å². The molecular weight excluding hydrogens is 316 g/mol. The molecule has 1 aliphatic rings. The van der Waals surface area contributed by atoms with Gasteiger partial charge in [0.1, 0.15) is 5.76 Å². The van der Waals surface area contributed by atoms with Gasteiger partial charge in [-0.3, -0.25) is 9.59 Å². The van der Waals surface area contributed by atoms with E-state index < -0.39 is 0 Å². The molecule has 1 aromatic carbocycles. The van der Waals surface area contributed by atoms with Crippen molar-refractivity contribution in [3.8, 4) is 0 Å². The number of carbonyl (C=O) groups excluding carboxylic acids is 2. The molecule has 0 unspecified atom stereocenters. The molecule has 25 heavy (non-hydrogen) atoms. The zero-order chi connectivity index (χ0) is 17.8. The van der Waals surface area contributed by atoms with Gasteiger partial charge in [0, 0.05) is 24.7 Å². The number of hydrogen-bond acceptors (Lipinski definition) is 3. The number of carbonyl (C=O) groups is 2. The molecule has 5 heteroatoms. The zero-order valence-electron chi connectivity index (χ0n) is 14.4. The van der Waals surface area contributed by atoms with E-state index in [2.05, 4.69) is 5.32 Å². The summed E-state index contributed by atoms with van der Waals surface area (Å²) in [6, 6.07) is 11.1. The van der Waals surface area contributed by atoms with Gasteiger partial charge in [0.25, 0.3) is 5.91 Å². The lowest BCUT2D eigenvalue weighted by atomic mass is 10.1. The van der Waals surface area contributed by atoms with Crippen LogP contribution in [0.1, 0.15) is 47.5 Å². The molecular formula is C20H22N2O3. The summed E-state index contributed by atoms with van der Waals surface area (Å²) in [4.78, 5) is 26.1. The van der Waals surface area contributed by atoms with Crippen LogP contribution in [-0.4, -0.2) is 29.8 Å². The summed E-state index contributed by atoms with van der Waals surface area (Å²) >= 11 is 0. The Bertz CT molecular complexity index is 759. The van der Waals surface area contributed by atoms with E-state index in [1.54, 1.807) is 37.6 Å². The Balaban J connectivity index is 1.71. The largest absolute Gasteiger partial charge is 0.467 e. The molecule has 0 bridgehead atoms. The zero-order valence-corrected chi connectivity index (χ0v) is 14.4. The average molecular weight is 338 g/mol. The second kappa shape index (κ2) is 7.38. The van der Waals surface area contributed by atoms with Crippen LogP contribution < -0.4 is 5.32 Å². The van der Waals surface area contributed by atoms with E-state index in [4.69, 9.17) is 4.42 Å². The molecule has 0 saturated heterocycles. The summed E-state index contributed by atoms with van der Waals surface area (Å²) in [5, 5.41) is 2.58. The molecule has 5 nitrogen and oxygen atoms in total. The average Bonchev–Trinajstić information content (AvgIpc) is 3.31. The van der Waals surface area contributed by atoms with Gasteiger partial charge in [0.2, 0.25) is 5.91 Å². The van der Waals surface area contributed by atoms with Crippen molar-refractivity contribution in [2.45, 2.75) is 31.8 Å². The summed E-state index contributed by atoms with van der Waals surface area (Å²) < 4.78 is 5.46. The first-order valence-corrected chi connectivity index (χ1v) is 8.46. The summed E-state index contributed by atoms with van der Waals surface area (Å²) in [5.74, 6) is 0.643. The van der Waals surface area contributed by atoms with Crippen molar-refractivity contribution >= 4 is 17.9 Å². The third kappa shape index (κ3) is 3.99. The standard InChI is InChI=1S/C20H22N2O3/c1-14(18-4-3-13-25-18)22(17-10-11-17)19(23)12-7-15-5-8-16(9-6-15)20(24)21-2/h3-9,12-14,17H,10-11H2,1-2H3,(H,21,24)/b12-7+/t14-/m0/s1.